The summed E-state index contributed by atoms with van der Waals surface area (Å²) in [7, 11) is 5.33. The number of hydrogen-bond acceptors (Lipinski definition) is 4. The summed E-state index contributed by atoms with van der Waals surface area (Å²) in [6.07, 6.45) is 7.70. The van der Waals surface area contributed by atoms with Crippen LogP contribution in [0.3, 0.4) is 0 Å². The van der Waals surface area contributed by atoms with Crippen molar-refractivity contribution in [1.82, 2.24) is 19.8 Å². The number of nitrogens with one attached hydrogen (secondary N) is 1. The number of H-pyrrole nitrogens is 1. The van der Waals surface area contributed by atoms with Crippen LogP contribution >= 0.6 is 0 Å². The van der Waals surface area contributed by atoms with Crippen LogP contribution in [0.25, 0.3) is 33.3 Å². The molecule has 0 radical (unpaired) electrons. The molecule has 1 atom stereocenters. The van der Waals surface area contributed by atoms with E-state index in [1.165, 1.54) is 29.5 Å². The normalized spacial score (nSPS) is 17.1. The van der Waals surface area contributed by atoms with Crippen LogP contribution in [0.15, 0.2) is 54.9 Å². The Bertz CT molecular complexity index is 1450. The largest absolute Gasteiger partial charge is 0.383 e. The maximum Gasteiger partial charge on any atom is 0.253 e. The van der Waals surface area contributed by atoms with Gasteiger partial charge in [-0.15, -0.1) is 0 Å². The molecule has 6 rings (SSSR count). The zero-order valence-electron chi connectivity index (χ0n) is 21.9. The molecule has 2 aromatic heterocycles. The van der Waals surface area contributed by atoms with Crippen LogP contribution in [0.2, 0.25) is 0 Å². The lowest BCUT2D eigenvalue weighted by atomic mass is 9.76. The number of benzene rings is 2. The van der Waals surface area contributed by atoms with Crippen molar-refractivity contribution in [1.29, 1.82) is 0 Å². The van der Waals surface area contributed by atoms with Gasteiger partial charge in [-0.05, 0) is 77.3 Å². The lowest BCUT2D eigenvalue weighted by Gasteiger charge is -2.38. The van der Waals surface area contributed by atoms with Gasteiger partial charge < -0.3 is 14.6 Å². The first-order chi connectivity index (χ1) is 18.0. The van der Waals surface area contributed by atoms with E-state index in [1.807, 2.05) is 36.7 Å². The molecule has 6 heteroatoms. The van der Waals surface area contributed by atoms with E-state index in [-0.39, 0.29) is 5.91 Å². The molecular weight excluding hydrogens is 460 g/mol. The highest BCUT2D eigenvalue weighted by atomic mass is 16.5. The van der Waals surface area contributed by atoms with E-state index in [0.29, 0.717) is 11.5 Å². The Morgan fingerprint density at radius 3 is 2.70 bits per heavy atom. The summed E-state index contributed by atoms with van der Waals surface area (Å²) < 4.78 is 5.37. The predicted molar refractivity (Wildman–Crippen MR) is 148 cm³/mol. The van der Waals surface area contributed by atoms with Crippen molar-refractivity contribution in [2.24, 2.45) is 0 Å². The average Bonchev–Trinajstić information content (AvgIpc) is 3.35. The lowest BCUT2D eigenvalue weighted by molar-refractivity contribution is 0.0827. The number of amides is 1. The first kappa shape index (κ1) is 23.9. The highest BCUT2D eigenvalue weighted by Crippen LogP contribution is 2.41. The van der Waals surface area contributed by atoms with Gasteiger partial charge in [0.1, 0.15) is 5.65 Å². The Kier molecular flexibility index (Phi) is 6.31. The smallest absolute Gasteiger partial charge is 0.253 e. The summed E-state index contributed by atoms with van der Waals surface area (Å²) in [4.78, 5) is 24.6. The first-order valence-electron chi connectivity index (χ1n) is 13.2. The van der Waals surface area contributed by atoms with Gasteiger partial charge in [-0.3, -0.25) is 9.69 Å². The number of methoxy groups -OCH3 is 1. The van der Waals surface area contributed by atoms with E-state index >= 15 is 0 Å². The van der Waals surface area contributed by atoms with Gasteiger partial charge in [-0.2, -0.15) is 0 Å². The number of hydrogen-bond donors (Lipinski definition) is 1. The molecule has 37 heavy (non-hydrogen) atoms. The highest BCUT2D eigenvalue weighted by molar-refractivity contribution is 5.98. The van der Waals surface area contributed by atoms with Crippen molar-refractivity contribution in [3.05, 3.63) is 77.1 Å². The predicted octanol–water partition coefficient (Wildman–Crippen LogP) is 5.48. The summed E-state index contributed by atoms with van der Waals surface area (Å²) in [5.41, 5.74) is 10.7. The number of aromatic amines is 1. The van der Waals surface area contributed by atoms with Gasteiger partial charge in [0.25, 0.3) is 5.91 Å². The lowest BCUT2D eigenvalue weighted by Crippen LogP contribution is -2.37. The first-order valence-corrected chi connectivity index (χ1v) is 13.2. The van der Waals surface area contributed by atoms with Gasteiger partial charge in [0.15, 0.2) is 0 Å². The van der Waals surface area contributed by atoms with Gasteiger partial charge in [-0.1, -0.05) is 18.2 Å². The third-order valence-electron chi connectivity index (χ3n) is 7.96. The molecule has 190 valence electrons. The van der Waals surface area contributed by atoms with Crippen LogP contribution in [0.4, 0.5) is 0 Å². The number of aromatic nitrogens is 2. The van der Waals surface area contributed by atoms with Crippen molar-refractivity contribution < 1.29 is 9.53 Å². The van der Waals surface area contributed by atoms with Crippen LogP contribution < -0.4 is 0 Å². The quantitative estimate of drug-likeness (QED) is 0.386. The van der Waals surface area contributed by atoms with Gasteiger partial charge in [0, 0.05) is 75.3 Å². The van der Waals surface area contributed by atoms with Crippen molar-refractivity contribution in [3.63, 3.8) is 0 Å². The zero-order valence-corrected chi connectivity index (χ0v) is 21.9. The highest BCUT2D eigenvalue weighted by Gasteiger charge is 2.30. The van der Waals surface area contributed by atoms with E-state index in [1.54, 1.807) is 31.7 Å². The van der Waals surface area contributed by atoms with E-state index in [9.17, 15) is 4.79 Å². The Balaban J connectivity index is 1.37. The number of carbonyl (C=O) groups excluding carboxylic acids is 1. The molecular formula is C31H34N4O2. The maximum atomic E-state index is 12.3. The van der Waals surface area contributed by atoms with Gasteiger partial charge in [0.05, 0.1) is 6.61 Å². The standard InChI is InChI=1S/C31H34N4O2/c1-34(2)31(36)21-9-7-20(8-10-21)28-17-33-30-27(28)15-25(16-32-30)24-13-22-5-4-6-23-18-35(11-12-37-3)19-26(14-24)29(22)23/h7-10,13-17,23H,4-6,11-12,18-19H2,1-3H3,(H,32,33). The van der Waals surface area contributed by atoms with Gasteiger partial charge in [-0.25, -0.2) is 4.98 Å². The van der Waals surface area contributed by atoms with E-state index < -0.39 is 0 Å². The van der Waals surface area contributed by atoms with Crippen LogP contribution in [-0.4, -0.2) is 66.6 Å². The number of pyridine rings is 1. The number of rotatable bonds is 6. The van der Waals surface area contributed by atoms with Crippen molar-refractivity contribution in [2.75, 3.05) is 40.9 Å². The Morgan fingerprint density at radius 2 is 1.92 bits per heavy atom. The van der Waals surface area contributed by atoms with Crippen molar-refractivity contribution in [3.8, 4) is 22.3 Å². The molecule has 1 unspecified atom stereocenters. The molecule has 1 aliphatic carbocycles. The number of aryl methyl sites for hydroxylation is 1. The molecule has 0 saturated carbocycles. The Labute approximate surface area is 218 Å². The second kappa shape index (κ2) is 9.77. The van der Waals surface area contributed by atoms with Crippen LogP contribution in [0.1, 0.15) is 45.8 Å². The van der Waals surface area contributed by atoms with Crippen molar-refractivity contribution in [2.45, 2.75) is 31.7 Å². The minimum Gasteiger partial charge on any atom is -0.383 e. The summed E-state index contributed by atoms with van der Waals surface area (Å²) in [5.74, 6) is 0.645. The SMILES string of the molecule is COCCN1Cc2cc(-c3cnc4[nH]cc(-c5ccc(C(=O)N(C)C)cc5)c4c3)cc3c2C(CCC3)C1. The number of carbonyl (C=O) groups is 1. The third-order valence-corrected chi connectivity index (χ3v) is 7.96. The minimum absolute atomic E-state index is 0.00817. The third kappa shape index (κ3) is 4.45. The minimum atomic E-state index is 0.00817. The molecule has 2 aliphatic rings. The molecule has 0 saturated heterocycles. The molecule has 6 nitrogen and oxygen atoms in total. The Hall–Kier alpha value is -3.48. The molecule has 4 aromatic rings. The second-order valence-corrected chi connectivity index (χ2v) is 10.6. The Morgan fingerprint density at radius 1 is 1.11 bits per heavy atom. The number of fused-ring (bicyclic) bond motifs is 1. The van der Waals surface area contributed by atoms with Crippen LogP contribution in [0.5, 0.6) is 0 Å². The fourth-order valence-electron chi connectivity index (χ4n) is 6.13. The summed E-state index contributed by atoms with van der Waals surface area (Å²) in [6.45, 7) is 3.88. The molecule has 0 spiro atoms. The summed E-state index contributed by atoms with van der Waals surface area (Å²) >= 11 is 0. The van der Waals surface area contributed by atoms with Crippen LogP contribution in [-0.2, 0) is 17.7 Å². The fraction of sp³-hybridized carbons (Fsp3) is 0.355. The summed E-state index contributed by atoms with van der Waals surface area (Å²) in [6, 6.07) is 14.9. The van der Waals surface area contributed by atoms with Crippen LogP contribution in [0, 0.1) is 0 Å². The summed E-state index contributed by atoms with van der Waals surface area (Å²) in [5, 5.41) is 1.09. The second-order valence-electron chi connectivity index (χ2n) is 10.6. The van der Waals surface area contributed by atoms with E-state index in [4.69, 9.17) is 9.72 Å². The number of nitrogens with zero attached hydrogens (tertiary/aromatic N) is 3. The van der Waals surface area contributed by atoms with Crippen molar-refractivity contribution >= 4 is 16.9 Å². The molecule has 3 heterocycles. The molecule has 1 amide bonds. The molecule has 0 fully saturated rings. The number of ether oxygens (including phenoxy) is 1. The van der Waals surface area contributed by atoms with Gasteiger partial charge in [0.2, 0.25) is 0 Å². The van der Waals surface area contributed by atoms with E-state index in [0.717, 1.165) is 60.4 Å². The molecule has 0 bridgehead atoms. The van der Waals surface area contributed by atoms with E-state index in [2.05, 4.69) is 28.1 Å². The monoisotopic (exact) mass is 494 g/mol. The topological polar surface area (TPSA) is 61.5 Å². The van der Waals surface area contributed by atoms with Gasteiger partial charge >= 0.3 is 0 Å². The maximum absolute atomic E-state index is 12.3. The average molecular weight is 495 g/mol. The molecule has 1 N–H and O–H groups in total. The molecule has 2 aromatic carbocycles. The molecule has 1 aliphatic heterocycles. The zero-order chi connectivity index (χ0) is 25.5. The fourth-order valence-corrected chi connectivity index (χ4v) is 6.13.